The van der Waals surface area contributed by atoms with Crippen molar-refractivity contribution in [2.24, 2.45) is 0 Å². The lowest BCUT2D eigenvalue weighted by Gasteiger charge is -2.34. The quantitative estimate of drug-likeness (QED) is 0.739. The van der Waals surface area contributed by atoms with Crippen LogP contribution in [0.15, 0.2) is 53.0 Å². The van der Waals surface area contributed by atoms with Crippen molar-refractivity contribution in [2.45, 2.75) is 32.0 Å². The Morgan fingerprint density at radius 2 is 1.85 bits per heavy atom. The molecule has 6 heteroatoms. The highest BCUT2D eigenvalue weighted by Crippen LogP contribution is 2.24. The number of hydrogen-bond acceptors (Lipinski definition) is 4. The zero-order valence-corrected chi connectivity index (χ0v) is 17.0. The Bertz CT molecular complexity index is 822. The molecular formula is C21H23BrN2O3. The summed E-state index contributed by atoms with van der Waals surface area (Å²) in [6.45, 7) is 2.65. The maximum absolute atomic E-state index is 12.6. The smallest absolute Gasteiger partial charge is 0.323 e. The molecule has 142 valence electrons. The summed E-state index contributed by atoms with van der Waals surface area (Å²) in [5.41, 5.74) is 3.30. The molecule has 0 aliphatic carbocycles. The monoisotopic (exact) mass is 430 g/mol. The molecule has 2 aromatic rings. The maximum atomic E-state index is 12.6. The number of methoxy groups -OCH3 is 1. The van der Waals surface area contributed by atoms with Crippen molar-refractivity contribution >= 4 is 27.8 Å². The third-order valence-electron chi connectivity index (χ3n) is 4.91. The van der Waals surface area contributed by atoms with Gasteiger partial charge in [0.1, 0.15) is 6.04 Å². The minimum absolute atomic E-state index is 0.112. The van der Waals surface area contributed by atoms with Crippen LogP contribution in [0.1, 0.15) is 29.7 Å². The van der Waals surface area contributed by atoms with Crippen molar-refractivity contribution < 1.29 is 14.3 Å². The van der Waals surface area contributed by atoms with Crippen molar-refractivity contribution in [3.8, 4) is 0 Å². The summed E-state index contributed by atoms with van der Waals surface area (Å²) in [4.78, 5) is 26.7. The molecule has 0 fully saturated rings. The molecule has 0 aromatic heterocycles. The fraction of sp³-hybridized carbons (Fsp3) is 0.333. The van der Waals surface area contributed by atoms with E-state index in [4.69, 9.17) is 4.74 Å². The van der Waals surface area contributed by atoms with E-state index in [0.29, 0.717) is 13.0 Å². The van der Waals surface area contributed by atoms with Gasteiger partial charge in [-0.1, -0.05) is 52.3 Å². The molecule has 0 saturated carbocycles. The predicted octanol–water partition coefficient (Wildman–Crippen LogP) is 3.23. The number of amides is 1. The van der Waals surface area contributed by atoms with Crippen LogP contribution in [0.4, 0.5) is 0 Å². The van der Waals surface area contributed by atoms with E-state index in [-0.39, 0.29) is 24.5 Å². The lowest BCUT2D eigenvalue weighted by Crippen LogP contribution is -2.50. The molecule has 1 aliphatic rings. The number of carbonyl (C=O) groups is 2. The number of rotatable bonds is 5. The highest BCUT2D eigenvalue weighted by atomic mass is 79.9. The van der Waals surface area contributed by atoms with Gasteiger partial charge >= 0.3 is 5.97 Å². The molecule has 0 saturated heterocycles. The van der Waals surface area contributed by atoms with E-state index in [0.717, 1.165) is 21.2 Å². The number of esters is 1. The van der Waals surface area contributed by atoms with Gasteiger partial charge in [-0.25, -0.2) is 0 Å². The first kappa shape index (κ1) is 19.6. The van der Waals surface area contributed by atoms with Crippen molar-refractivity contribution in [1.29, 1.82) is 0 Å². The summed E-state index contributed by atoms with van der Waals surface area (Å²) in [7, 11) is 1.39. The van der Waals surface area contributed by atoms with E-state index in [2.05, 4.69) is 21.2 Å². The number of fused-ring (bicyclic) bond motifs is 1. The average molecular weight is 431 g/mol. The van der Waals surface area contributed by atoms with Crippen LogP contribution in [0.2, 0.25) is 0 Å². The van der Waals surface area contributed by atoms with Crippen LogP contribution < -0.4 is 5.32 Å². The largest absolute Gasteiger partial charge is 0.468 e. The van der Waals surface area contributed by atoms with Gasteiger partial charge in [0.2, 0.25) is 5.91 Å². The van der Waals surface area contributed by atoms with E-state index >= 15 is 0 Å². The summed E-state index contributed by atoms with van der Waals surface area (Å²) in [6, 6.07) is 15.3. The van der Waals surface area contributed by atoms with Crippen molar-refractivity contribution in [3.05, 3.63) is 69.7 Å². The Labute approximate surface area is 167 Å². The fourth-order valence-electron chi connectivity index (χ4n) is 3.42. The number of hydrogen-bond donors (Lipinski definition) is 1. The molecule has 2 unspecified atom stereocenters. The molecule has 1 heterocycles. The molecule has 1 amide bonds. The van der Waals surface area contributed by atoms with Crippen LogP contribution in [0, 0.1) is 0 Å². The van der Waals surface area contributed by atoms with Gasteiger partial charge in [-0.15, -0.1) is 0 Å². The van der Waals surface area contributed by atoms with E-state index < -0.39 is 6.04 Å². The number of halogens is 1. The molecule has 3 rings (SSSR count). The minimum atomic E-state index is -0.446. The van der Waals surface area contributed by atoms with Crippen LogP contribution in [-0.4, -0.2) is 36.5 Å². The van der Waals surface area contributed by atoms with Crippen LogP contribution >= 0.6 is 15.9 Å². The Morgan fingerprint density at radius 3 is 2.52 bits per heavy atom. The highest BCUT2D eigenvalue weighted by Gasteiger charge is 2.33. The third-order valence-corrected chi connectivity index (χ3v) is 5.44. The van der Waals surface area contributed by atoms with Gasteiger partial charge in [-0.3, -0.25) is 14.5 Å². The molecule has 1 aliphatic heterocycles. The average Bonchev–Trinajstić information content (AvgIpc) is 2.67. The molecule has 0 radical (unpaired) electrons. The Hall–Kier alpha value is -2.18. The number of carbonyl (C=O) groups excluding carboxylic acids is 2. The Balaban J connectivity index is 1.69. The lowest BCUT2D eigenvalue weighted by atomic mass is 9.94. The Morgan fingerprint density at radius 1 is 1.19 bits per heavy atom. The van der Waals surface area contributed by atoms with Gasteiger partial charge in [0, 0.05) is 11.0 Å². The topological polar surface area (TPSA) is 58.6 Å². The van der Waals surface area contributed by atoms with Crippen molar-refractivity contribution in [2.75, 3.05) is 13.7 Å². The highest BCUT2D eigenvalue weighted by molar-refractivity contribution is 9.10. The summed E-state index contributed by atoms with van der Waals surface area (Å²) in [5.74, 6) is -0.419. The first-order valence-electron chi connectivity index (χ1n) is 8.91. The van der Waals surface area contributed by atoms with Crippen molar-refractivity contribution in [3.63, 3.8) is 0 Å². The van der Waals surface area contributed by atoms with Crippen LogP contribution in [0.25, 0.3) is 0 Å². The summed E-state index contributed by atoms with van der Waals surface area (Å²) < 4.78 is 5.96. The number of ether oxygens (including phenoxy) is 1. The van der Waals surface area contributed by atoms with Crippen LogP contribution in [0.5, 0.6) is 0 Å². The summed E-state index contributed by atoms with van der Waals surface area (Å²) >= 11 is 3.41. The van der Waals surface area contributed by atoms with Crippen molar-refractivity contribution in [1.82, 2.24) is 10.2 Å². The molecule has 2 atom stereocenters. The normalized spacial score (nSPS) is 17.7. The van der Waals surface area contributed by atoms with Gasteiger partial charge in [-0.2, -0.15) is 0 Å². The molecule has 0 bridgehead atoms. The number of nitrogens with one attached hydrogen (secondary N) is 1. The second-order valence-electron chi connectivity index (χ2n) is 6.76. The maximum Gasteiger partial charge on any atom is 0.323 e. The van der Waals surface area contributed by atoms with Crippen LogP contribution in [-0.2, 0) is 27.3 Å². The molecule has 1 N–H and O–H groups in total. The standard InChI is InChI=1S/C21H23BrN2O3/c1-14(15-7-9-18(22)10-8-15)23-20(25)13-24-12-17-6-4-3-5-16(17)11-19(24)21(26)27-2/h3-10,14,19H,11-13H2,1-2H3,(H,23,25). The van der Waals surface area contributed by atoms with E-state index in [1.165, 1.54) is 7.11 Å². The molecule has 2 aromatic carbocycles. The summed E-state index contributed by atoms with van der Waals surface area (Å²) in [5, 5.41) is 3.02. The fourth-order valence-corrected chi connectivity index (χ4v) is 3.68. The summed E-state index contributed by atoms with van der Waals surface area (Å²) in [6.07, 6.45) is 0.554. The molecule has 27 heavy (non-hydrogen) atoms. The third kappa shape index (κ3) is 4.76. The van der Waals surface area contributed by atoms with Gasteiger partial charge in [0.25, 0.3) is 0 Å². The number of nitrogens with zero attached hydrogens (tertiary/aromatic N) is 1. The van der Waals surface area contributed by atoms with E-state index in [1.54, 1.807) is 0 Å². The lowest BCUT2D eigenvalue weighted by molar-refractivity contribution is -0.148. The van der Waals surface area contributed by atoms with Gasteiger partial charge < -0.3 is 10.1 Å². The van der Waals surface area contributed by atoms with Gasteiger partial charge in [-0.05, 0) is 42.2 Å². The first-order chi connectivity index (χ1) is 13.0. The van der Waals surface area contributed by atoms with Gasteiger partial charge in [0.15, 0.2) is 0 Å². The zero-order valence-electron chi connectivity index (χ0n) is 15.4. The zero-order chi connectivity index (χ0) is 19.4. The van der Waals surface area contributed by atoms with E-state index in [1.807, 2.05) is 60.4 Å². The predicted molar refractivity (Wildman–Crippen MR) is 107 cm³/mol. The van der Waals surface area contributed by atoms with Gasteiger partial charge in [0.05, 0.1) is 19.7 Å². The Kier molecular flexibility index (Phi) is 6.29. The minimum Gasteiger partial charge on any atom is -0.468 e. The molecular weight excluding hydrogens is 408 g/mol. The van der Waals surface area contributed by atoms with Crippen LogP contribution in [0.3, 0.4) is 0 Å². The second kappa shape index (κ2) is 8.67. The molecule has 5 nitrogen and oxygen atoms in total. The number of benzene rings is 2. The first-order valence-corrected chi connectivity index (χ1v) is 9.70. The second-order valence-corrected chi connectivity index (χ2v) is 7.67. The SMILES string of the molecule is COC(=O)C1Cc2ccccc2CN1CC(=O)NC(C)c1ccc(Br)cc1. The van der Waals surface area contributed by atoms with E-state index in [9.17, 15) is 9.59 Å². The molecule has 0 spiro atoms.